The van der Waals surface area contributed by atoms with Crippen molar-refractivity contribution in [2.24, 2.45) is 23.7 Å². The molecular weight excluding hydrogens is 316 g/mol. The molecule has 1 N–H and O–H groups in total. The van der Waals surface area contributed by atoms with Crippen LogP contribution in [-0.4, -0.2) is 35.7 Å². The Bertz CT molecular complexity index is 711. The molecular formula is C20H22N2O3. The van der Waals surface area contributed by atoms with Crippen molar-refractivity contribution in [1.82, 2.24) is 10.2 Å². The Morgan fingerprint density at radius 2 is 1.64 bits per heavy atom. The molecule has 1 aromatic carbocycles. The lowest BCUT2D eigenvalue weighted by Crippen LogP contribution is -2.50. The van der Waals surface area contributed by atoms with E-state index in [4.69, 9.17) is 0 Å². The quantitative estimate of drug-likeness (QED) is 0.669. The Hall–Kier alpha value is -2.43. The number of benzene rings is 1. The molecule has 4 aliphatic rings. The lowest BCUT2D eigenvalue weighted by molar-refractivity contribution is -0.148. The van der Waals surface area contributed by atoms with Crippen LogP contribution in [0.15, 0.2) is 42.5 Å². The molecule has 0 spiro atoms. The van der Waals surface area contributed by atoms with Crippen molar-refractivity contribution in [3.8, 4) is 0 Å². The Morgan fingerprint density at radius 3 is 2.12 bits per heavy atom. The zero-order valence-corrected chi connectivity index (χ0v) is 14.2. The molecule has 1 saturated heterocycles. The third kappa shape index (κ3) is 2.49. The number of likely N-dealkylation sites (N-methyl/N-ethyl adjacent to an activating group) is 1. The van der Waals surface area contributed by atoms with Gasteiger partial charge in [-0.2, -0.15) is 0 Å². The highest BCUT2D eigenvalue weighted by atomic mass is 16.2. The van der Waals surface area contributed by atoms with Crippen LogP contribution >= 0.6 is 0 Å². The van der Waals surface area contributed by atoms with Gasteiger partial charge in [-0.25, -0.2) is 0 Å². The lowest BCUT2D eigenvalue weighted by atomic mass is 9.63. The summed E-state index contributed by atoms with van der Waals surface area (Å²) >= 11 is 0. The SMILES string of the molecule is CNC(=O)[C@H](Cc1ccccc1)N1C(=O)[C@@H]2[C@H](C1=O)[C@H]1C=C[C@H]2CC1. The maximum atomic E-state index is 13.1. The molecule has 5 nitrogen and oxygen atoms in total. The molecule has 25 heavy (non-hydrogen) atoms. The molecule has 130 valence electrons. The smallest absolute Gasteiger partial charge is 0.243 e. The van der Waals surface area contributed by atoms with Gasteiger partial charge in [0.2, 0.25) is 17.7 Å². The first kappa shape index (κ1) is 16.1. The van der Waals surface area contributed by atoms with Gasteiger partial charge in [0.15, 0.2) is 0 Å². The van der Waals surface area contributed by atoms with Crippen LogP contribution in [0.5, 0.6) is 0 Å². The lowest BCUT2D eigenvalue weighted by Gasteiger charge is -2.38. The monoisotopic (exact) mass is 338 g/mol. The summed E-state index contributed by atoms with van der Waals surface area (Å²) in [5.41, 5.74) is 0.938. The highest BCUT2D eigenvalue weighted by molar-refractivity contribution is 6.09. The average Bonchev–Trinajstić information content (AvgIpc) is 2.94. The number of amides is 3. The number of carbonyl (C=O) groups is 3. The summed E-state index contributed by atoms with van der Waals surface area (Å²) in [4.78, 5) is 39.9. The largest absolute Gasteiger partial charge is 0.357 e. The van der Waals surface area contributed by atoms with Gasteiger partial charge in [0.25, 0.3) is 0 Å². The van der Waals surface area contributed by atoms with Gasteiger partial charge in [-0.05, 0) is 30.2 Å². The summed E-state index contributed by atoms with van der Waals surface area (Å²) in [6, 6.07) is 8.75. The summed E-state index contributed by atoms with van der Waals surface area (Å²) in [7, 11) is 1.55. The van der Waals surface area contributed by atoms with E-state index in [2.05, 4.69) is 17.5 Å². The van der Waals surface area contributed by atoms with Crippen molar-refractivity contribution >= 4 is 17.7 Å². The number of carbonyl (C=O) groups excluding carboxylic acids is 3. The van der Waals surface area contributed by atoms with Crippen LogP contribution < -0.4 is 5.32 Å². The summed E-state index contributed by atoms with van der Waals surface area (Å²) in [5.74, 6) is -0.906. The highest BCUT2D eigenvalue weighted by Gasteiger charge is 2.58. The normalized spacial score (nSPS) is 31.2. The average molecular weight is 338 g/mol. The topological polar surface area (TPSA) is 66.5 Å². The minimum Gasteiger partial charge on any atom is -0.357 e. The Labute approximate surface area is 147 Å². The van der Waals surface area contributed by atoms with E-state index in [0.717, 1.165) is 18.4 Å². The molecule has 5 atom stereocenters. The van der Waals surface area contributed by atoms with E-state index in [1.807, 2.05) is 30.3 Å². The van der Waals surface area contributed by atoms with Gasteiger partial charge in [-0.15, -0.1) is 0 Å². The van der Waals surface area contributed by atoms with Gasteiger partial charge in [-0.3, -0.25) is 19.3 Å². The maximum absolute atomic E-state index is 13.1. The van der Waals surface area contributed by atoms with Crippen molar-refractivity contribution in [1.29, 1.82) is 0 Å². The van der Waals surface area contributed by atoms with Gasteiger partial charge in [0, 0.05) is 13.5 Å². The number of hydrogen-bond donors (Lipinski definition) is 1. The molecule has 3 aliphatic carbocycles. The number of rotatable bonds is 4. The van der Waals surface area contributed by atoms with Crippen LogP contribution in [0.1, 0.15) is 18.4 Å². The summed E-state index contributed by atoms with van der Waals surface area (Å²) in [6.07, 6.45) is 6.45. The maximum Gasteiger partial charge on any atom is 0.243 e. The first-order valence-electron chi connectivity index (χ1n) is 8.92. The second-order valence-corrected chi connectivity index (χ2v) is 7.21. The van der Waals surface area contributed by atoms with Gasteiger partial charge < -0.3 is 5.32 Å². The molecule has 0 radical (unpaired) electrons. The van der Waals surface area contributed by atoms with Crippen LogP contribution in [0.3, 0.4) is 0 Å². The molecule has 5 rings (SSSR count). The predicted octanol–water partition coefficient (Wildman–Crippen LogP) is 1.54. The fraction of sp³-hybridized carbons (Fsp3) is 0.450. The molecule has 2 bridgehead atoms. The Morgan fingerprint density at radius 1 is 1.08 bits per heavy atom. The number of allylic oxidation sites excluding steroid dienone is 2. The zero-order valence-electron chi connectivity index (χ0n) is 14.2. The van der Waals surface area contributed by atoms with E-state index in [1.54, 1.807) is 7.05 Å². The van der Waals surface area contributed by atoms with Crippen molar-refractivity contribution in [2.45, 2.75) is 25.3 Å². The van der Waals surface area contributed by atoms with Gasteiger partial charge in [-0.1, -0.05) is 42.5 Å². The molecule has 0 aromatic heterocycles. The number of nitrogens with one attached hydrogen (secondary N) is 1. The molecule has 1 aliphatic heterocycles. The van der Waals surface area contributed by atoms with Gasteiger partial charge in [0.05, 0.1) is 11.8 Å². The fourth-order valence-electron chi connectivity index (χ4n) is 4.71. The first-order valence-corrected chi connectivity index (χ1v) is 8.92. The summed E-state index contributed by atoms with van der Waals surface area (Å²) in [5, 5.41) is 2.62. The van der Waals surface area contributed by atoms with Gasteiger partial charge in [0.1, 0.15) is 6.04 Å². The van der Waals surface area contributed by atoms with Crippen molar-refractivity contribution < 1.29 is 14.4 Å². The first-order chi connectivity index (χ1) is 12.1. The second kappa shape index (κ2) is 6.14. The van der Waals surface area contributed by atoms with Crippen LogP contribution in [0.2, 0.25) is 0 Å². The van der Waals surface area contributed by atoms with E-state index >= 15 is 0 Å². The minimum atomic E-state index is -0.780. The number of hydrogen-bond acceptors (Lipinski definition) is 3. The van der Waals surface area contributed by atoms with Crippen molar-refractivity contribution in [3.05, 3.63) is 48.0 Å². The van der Waals surface area contributed by atoms with E-state index in [-0.39, 0.29) is 41.4 Å². The number of imide groups is 1. The highest BCUT2D eigenvalue weighted by Crippen LogP contribution is 2.50. The third-order valence-corrected chi connectivity index (χ3v) is 5.93. The molecule has 1 heterocycles. The molecule has 3 amide bonds. The molecule has 5 heteroatoms. The van der Waals surface area contributed by atoms with Crippen molar-refractivity contribution in [3.63, 3.8) is 0 Å². The van der Waals surface area contributed by atoms with E-state index in [0.29, 0.717) is 6.42 Å². The van der Waals surface area contributed by atoms with Crippen molar-refractivity contribution in [2.75, 3.05) is 7.05 Å². The van der Waals surface area contributed by atoms with E-state index in [1.165, 1.54) is 4.90 Å². The standard InChI is InChI=1S/C20H22N2O3/c1-21-18(23)15(11-12-5-3-2-4-6-12)22-19(24)16-13-7-8-14(10-9-13)17(16)20(22)25/h2-8,13-17H,9-11H2,1H3,(H,21,23)/t13-,14-,15-,16-,17+/m0/s1. The Balaban J connectivity index is 1.67. The Kier molecular flexibility index (Phi) is 3.94. The number of likely N-dealkylation sites (tertiary alicyclic amines) is 1. The van der Waals surface area contributed by atoms with E-state index < -0.39 is 6.04 Å². The van der Waals surface area contributed by atoms with Crippen LogP contribution in [0.4, 0.5) is 0 Å². The third-order valence-electron chi connectivity index (χ3n) is 5.93. The van der Waals surface area contributed by atoms with Crippen LogP contribution in [0.25, 0.3) is 0 Å². The fourth-order valence-corrected chi connectivity index (χ4v) is 4.71. The molecule has 1 aromatic rings. The summed E-state index contributed by atoms with van der Waals surface area (Å²) in [6.45, 7) is 0. The number of nitrogens with zero attached hydrogens (tertiary/aromatic N) is 1. The summed E-state index contributed by atoms with van der Waals surface area (Å²) < 4.78 is 0. The molecule has 1 saturated carbocycles. The molecule has 2 fully saturated rings. The zero-order chi connectivity index (χ0) is 17.6. The minimum absolute atomic E-state index is 0.138. The molecule has 0 unspecified atom stereocenters. The predicted molar refractivity (Wildman–Crippen MR) is 92.2 cm³/mol. The number of fused-ring (bicyclic) bond motifs is 1. The van der Waals surface area contributed by atoms with Crippen LogP contribution in [0, 0.1) is 23.7 Å². The second-order valence-electron chi connectivity index (χ2n) is 7.21. The van der Waals surface area contributed by atoms with E-state index in [9.17, 15) is 14.4 Å². The van der Waals surface area contributed by atoms with Gasteiger partial charge >= 0.3 is 0 Å². The van der Waals surface area contributed by atoms with Crippen LogP contribution in [-0.2, 0) is 20.8 Å².